The lowest BCUT2D eigenvalue weighted by molar-refractivity contribution is 0.604. The van der Waals surface area contributed by atoms with Crippen molar-refractivity contribution in [1.82, 2.24) is 5.32 Å². The summed E-state index contributed by atoms with van der Waals surface area (Å²) in [6, 6.07) is 11.0. The van der Waals surface area contributed by atoms with E-state index in [-0.39, 0.29) is 11.5 Å². The summed E-state index contributed by atoms with van der Waals surface area (Å²) >= 11 is 8.12. The van der Waals surface area contributed by atoms with Gasteiger partial charge in [0.2, 0.25) is 0 Å². The second-order valence-electron chi connectivity index (χ2n) is 6.50. The Morgan fingerprint density at radius 1 is 1.19 bits per heavy atom. The average Bonchev–Trinajstić information content (AvgIpc) is 2.83. The molecule has 1 nitrogen and oxygen atoms in total. The van der Waals surface area contributed by atoms with Crippen molar-refractivity contribution in [2.24, 2.45) is 0 Å². The van der Waals surface area contributed by atoms with Crippen LogP contribution in [0.3, 0.4) is 0 Å². The van der Waals surface area contributed by atoms with E-state index in [1.807, 2.05) is 17.4 Å². The summed E-state index contributed by atoms with van der Waals surface area (Å²) in [5.74, 6) is 0. The minimum absolute atomic E-state index is 0.198. The number of thiophene rings is 1. The van der Waals surface area contributed by atoms with E-state index in [9.17, 15) is 0 Å². The summed E-state index contributed by atoms with van der Waals surface area (Å²) in [5, 5.41) is 4.39. The SMILES string of the molecule is CCNC(c1cc(C)cc(Cl)c1)c1ccc(C(C)(C)C)s1. The van der Waals surface area contributed by atoms with Crippen LogP contribution >= 0.6 is 22.9 Å². The summed E-state index contributed by atoms with van der Waals surface area (Å²) in [7, 11) is 0. The molecular weight excluding hydrogens is 298 g/mol. The van der Waals surface area contributed by atoms with Crippen molar-refractivity contribution in [2.75, 3.05) is 6.54 Å². The predicted molar refractivity (Wildman–Crippen MR) is 94.7 cm³/mol. The van der Waals surface area contributed by atoms with Gasteiger partial charge in [0, 0.05) is 14.8 Å². The molecule has 1 aromatic carbocycles. The zero-order valence-corrected chi connectivity index (χ0v) is 15.0. The molecule has 0 amide bonds. The molecule has 1 atom stereocenters. The van der Waals surface area contributed by atoms with E-state index in [0.717, 1.165) is 11.6 Å². The molecule has 1 heterocycles. The van der Waals surface area contributed by atoms with Crippen LogP contribution < -0.4 is 5.32 Å². The fraction of sp³-hybridized carbons (Fsp3) is 0.444. The standard InChI is InChI=1S/C18H24ClNS/c1-6-20-17(13-9-12(2)10-14(19)11-13)15-7-8-16(21-15)18(3,4)5/h7-11,17,20H,6H2,1-5H3. The van der Waals surface area contributed by atoms with Gasteiger partial charge >= 0.3 is 0 Å². The van der Waals surface area contributed by atoms with Crippen molar-refractivity contribution < 1.29 is 0 Å². The molecule has 0 spiro atoms. The molecule has 0 bridgehead atoms. The fourth-order valence-electron chi connectivity index (χ4n) is 2.43. The second kappa shape index (κ2) is 6.51. The monoisotopic (exact) mass is 321 g/mol. The van der Waals surface area contributed by atoms with Gasteiger partial charge in [0.25, 0.3) is 0 Å². The lowest BCUT2D eigenvalue weighted by Crippen LogP contribution is -2.21. The lowest BCUT2D eigenvalue weighted by Gasteiger charge is -2.19. The van der Waals surface area contributed by atoms with E-state index in [2.05, 4.69) is 64.2 Å². The largest absolute Gasteiger partial charge is 0.306 e. The summed E-state index contributed by atoms with van der Waals surface area (Å²) < 4.78 is 0. The molecule has 1 unspecified atom stereocenters. The number of hydrogen-bond donors (Lipinski definition) is 1. The molecule has 0 aliphatic carbocycles. The maximum Gasteiger partial charge on any atom is 0.0671 e. The first-order valence-corrected chi connectivity index (χ1v) is 8.61. The maximum atomic E-state index is 6.24. The highest BCUT2D eigenvalue weighted by Crippen LogP contribution is 2.35. The van der Waals surface area contributed by atoms with Crippen molar-refractivity contribution in [3.05, 3.63) is 56.2 Å². The van der Waals surface area contributed by atoms with Crippen molar-refractivity contribution in [3.8, 4) is 0 Å². The van der Waals surface area contributed by atoms with Crippen LogP contribution in [-0.2, 0) is 5.41 Å². The van der Waals surface area contributed by atoms with E-state index >= 15 is 0 Å². The van der Waals surface area contributed by atoms with Crippen molar-refractivity contribution >= 4 is 22.9 Å². The van der Waals surface area contributed by atoms with Crippen LogP contribution in [0.25, 0.3) is 0 Å². The summed E-state index contributed by atoms with van der Waals surface area (Å²) in [5.41, 5.74) is 2.64. The average molecular weight is 322 g/mol. The molecule has 0 saturated heterocycles. The van der Waals surface area contributed by atoms with Crippen LogP contribution in [0.15, 0.2) is 30.3 Å². The molecule has 3 heteroatoms. The number of nitrogens with one attached hydrogen (secondary N) is 1. The Kier molecular flexibility index (Phi) is 5.13. The highest BCUT2D eigenvalue weighted by molar-refractivity contribution is 7.12. The van der Waals surface area contributed by atoms with E-state index in [0.29, 0.717) is 0 Å². The topological polar surface area (TPSA) is 12.0 Å². The molecule has 0 saturated carbocycles. The number of benzene rings is 1. The van der Waals surface area contributed by atoms with Gasteiger partial charge in [0.15, 0.2) is 0 Å². The Morgan fingerprint density at radius 2 is 1.90 bits per heavy atom. The zero-order valence-electron chi connectivity index (χ0n) is 13.5. The van der Waals surface area contributed by atoms with E-state index in [1.54, 1.807) is 0 Å². The third-order valence-electron chi connectivity index (χ3n) is 3.46. The Labute approximate surface area is 137 Å². The lowest BCUT2D eigenvalue weighted by atomic mass is 9.95. The fourth-order valence-corrected chi connectivity index (χ4v) is 3.90. The second-order valence-corrected chi connectivity index (χ2v) is 8.06. The van der Waals surface area contributed by atoms with E-state index in [4.69, 9.17) is 11.6 Å². The van der Waals surface area contributed by atoms with E-state index in [1.165, 1.54) is 20.9 Å². The van der Waals surface area contributed by atoms with Crippen molar-refractivity contribution in [2.45, 2.75) is 46.1 Å². The van der Waals surface area contributed by atoms with Gasteiger partial charge in [0.05, 0.1) is 6.04 Å². The minimum atomic E-state index is 0.198. The van der Waals surface area contributed by atoms with Crippen LogP contribution in [0, 0.1) is 6.92 Å². The van der Waals surface area contributed by atoms with Gasteiger partial charge in [-0.2, -0.15) is 0 Å². The molecule has 2 aromatic rings. The minimum Gasteiger partial charge on any atom is -0.306 e. The Bertz CT molecular complexity index is 590. The summed E-state index contributed by atoms with van der Waals surface area (Å²) in [6.45, 7) is 11.9. The van der Waals surface area contributed by atoms with Crippen LogP contribution in [-0.4, -0.2) is 6.54 Å². The van der Waals surface area contributed by atoms with Gasteiger partial charge in [-0.1, -0.05) is 45.4 Å². The predicted octanol–water partition coefficient (Wildman–Crippen LogP) is 5.71. The number of hydrogen-bond acceptors (Lipinski definition) is 2. The molecule has 0 aliphatic heterocycles. The smallest absolute Gasteiger partial charge is 0.0671 e. The maximum absolute atomic E-state index is 6.24. The van der Waals surface area contributed by atoms with Crippen LogP contribution in [0.5, 0.6) is 0 Å². The summed E-state index contributed by atoms with van der Waals surface area (Å²) in [6.07, 6.45) is 0. The van der Waals surface area contributed by atoms with E-state index < -0.39 is 0 Å². The molecular formula is C18H24ClNS. The van der Waals surface area contributed by atoms with Crippen LogP contribution in [0.4, 0.5) is 0 Å². The van der Waals surface area contributed by atoms with Crippen LogP contribution in [0.1, 0.15) is 54.6 Å². The highest BCUT2D eigenvalue weighted by Gasteiger charge is 2.21. The third kappa shape index (κ3) is 4.09. The molecule has 2 rings (SSSR count). The molecule has 0 fully saturated rings. The molecule has 114 valence electrons. The molecule has 1 aromatic heterocycles. The first kappa shape index (κ1) is 16.5. The van der Waals surface area contributed by atoms with Gasteiger partial charge in [-0.3, -0.25) is 0 Å². The number of halogens is 1. The number of aryl methyl sites for hydroxylation is 1. The number of rotatable bonds is 4. The Morgan fingerprint density at radius 3 is 2.43 bits per heavy atom. The first-order chi connectivity index (χ1) is 9.81. The molecule has 0 radical (unpaired) electrons. The van der Waals surface area contributed by atoms with Crippen molar-refractivity contribution in [1.29, 1.82) is 0 Å². The van der Waals surface area contributed by atoms with Gasteiger partial charge in [-0.25, -0.2) is 0 Å². The molecule has 1 N–H and O–H groups in total. The third-order valence-corrected chi connectivity index (χ3v) is 5.25. The quantitative estimate of drug-likeness (QED) is 0.761. The molecule has 21 heavy (non-hydrogen) atoms. The summed E-state index contributed by atoms with van der Waals surface area (Å²) in [4.78, 5) is 2.77. The highest BCUT2D eigenvalue weighted by atomic mass is 35.5. The first-order valence-electron chi connectivity index (χ1n) is 7.42. The van der Waals surface area contributed by atoms with Gasteiger partial charge in [0.1, 0.15) is 0 Å². The van der Waals surface area contributed by atoms with Crippen LogP contribution in [0.2, 0.25) is 5.02 Å². The molecule has 0 aliphatic rings. The Balaban J connectivity index is 2.41. The zero-order chi connectivity index (χ0) is 15.6. The normalized spacial score (nSPS) is 13.4. The van der Waals surface area contributed by atoms with Gasteiger partial charge in [-0.15, -0.1) is 11.3 Å². The Hall–Kier alpha value is -0.830. The van der Waals surface area contributed by atoms with Gasteiger partial charge in [-0.05, 0) is 54.3 Å². The van der Waals surface area contributed by atoms with Crippen molar-refractivity contribution in [3.63, 3.8) is 0 Å². The van der Waals surface area contributed by atoms with Gasteiger partial charge < -0.3 is 5.32 Å².